The van der Waals surface area contributed by atoms with Gasteiger partial charge in [-0.15, -0.1) is 0 Å². The summed E-state index contributed by atoms with van der Waals surface area (Å²) < 4.78 is 18.0. The number of carbonyl (C=O) groups excluding carboxylic acids is 1. The van der Waals surface area contributed by atoms with E-state index in [9.17, 15) is 9.18 Å². The molecule has 0 spiro atoms. The number of halogens is 1. The molecule has 1 aromatic carbocycles. The Kier molecular flexibility index (Phi) is 8.06. The zero-order chi connectivity index (χ0) is 16.5. The quantitative estimate of drug-likeness (QED) is 0.658. The Morgan fingerprint density at radius 2 is 1.95 bits per heavy atom. The minimum Gasteiger partial charge on any atom is -0.385 e. The summed E-state index contributed by atoms with van der Waals surface area (Å²) in [6.45, 7) is 6.46. The van der Waals surface area contributed by atoms with Gasteiger partial charge in [0.2, 0.25) is 5.91 Å². The van der Waals surface area contributed by atoms with Gasteiger partial charge in [0, 0.05) is 26.8 Å². The molecule has 124 valence electrons. The standard InChI is InChI=1S/C17H27FN2O2/c1-5-20(14(2)15-7-9-16(18)10-8-15)17(21)13-19(3)11-6-12-22-4/h7-10,14H,5-6,11-13H2,1-4H3. The molecule has 5 heteroatoms. The van der Waals surface area contributed by atoms with Crippen LogP contribution in [0.4, 0.5) is 4.39 Å². The van der Waals surface area contributed by atoms with E-state index in [1.807, 2.05) is 30.7 Å². The lowest BCUT2D eigenvalue weighted by atomic mass is 10.1. The van der Waals surface area contributed by atoms with Gasteiger partial charge in [-0.25, -0.2) is 4.39 Å². The van der Waals surface area contributed by atoms with Crippen LogP contribution in [0.5, 0.6) is 0 Å². The van der Waals surface area contributed by atoms with Crippen molar-refractivity contribution in [2.45, 2.75) is 26.3 Å². The summed E-state index contributed by atoms with van der Waals surface area (Å²) in [5.41, 5.74) is 0.943. The van der Waals surface area contributed by atoms with E-state index in [2.05, 4.69) is 0 Å². The van der Waals surface area contributed by atoms with Gasteiger partial charge in [-0.2, -0.15) is 0 Å². The Morgan fingerprint density at radius 1 is 1.32 bits per heavy atom. The van der Waals surface area contributed by atoms with Gasteiger partial charge in [0.25, 0.3) is 0 Å². The molecular formula is C17H27FN2O2. The lowest BCUT2D eigenvalue weighted by Crippen LogP contribution is -2.40. The summed E-state index contributed by atoms with van der Waals surface area (Å²) in [7, 11) is 3.61. The maximum Gasteiger partial charge on any atom is 0.237 e. The SMILES string of the molecule is CCN(C(=O)CN(C)CCCOC)C(C)c1ccc(F)cc1. The molecule has 1 aromatic rings. The molecule has 0 saturated carbocycles. The van der Waals surface area contributed by atoms with E-state index in [0.29, 0.717) is 19.7 Å². The number of hydrogen-bond acceptors (Lipinski definition) is 3. The van der Waals surface area contributed by atoms with Gasteiger partial charge in [-0.3, -0.25) is 9.69 Å². The molecule has 0 aliphatic heterocycles. The van der Waals surface area contributed by atoms with Crippen molar-refractivity contribution in [3.05, 3.63) is 35.6 Å². The molecule has 1 unspecified atom stereocenters. The summed E-state index contributed by atoms with van der Waals surface area (Å²) in [5, 5.41) is 0. The fourth-order valence-electron chi connectivity index (χ4n) is 2.47. The molecule has 0 radical (unpaired) electrons. The van der Waals surface area contributed by atoms with Crippen LogP contribution in [0, 0.1) is 5.82 Å². The number of likely N-dealkylation sites (N-methyl/N-ethyl adjacent to an activating group) is 2. The van der Waals surface area contributed by atoms with Gasteiger partial charge in [0.15, 0.2) is 0 Å². The van der Waals surface area contributed by atoms with E-state index in [1.165, 1.54) is 12.1 Å². The van der Waals surface area contributed by atoms with Crippen LogP contribution in [0.3, 0.4) is 0 Å². The molecule has 4 nitrogen and oxygen atoms in total. The average molecular weight is 310 g/mol. The maximum absolute atomic E-state index is 13.0. The van der Waals surface area contributed by atoms with Crippen molar-refractivity contribution < 1.29 is 13.9 Å². The summed E-state index contributed by atoms with van der Waals surface area (Å²) in [4.78, 5) is 16.3. The van der Waals surface area contributed by atoms with Crippen LogP contribution in [-0.2, 0) is 9.53 Å². The van der Waals surface area contributed by atoms with Gasteiger partial charge in [-0.1, -0.05) is 12.1 Å². The Bertz CT molecular complexity index is 450. The van der Waals surface area contributed by atoms with Gasteiger partial charge in [-0.05, 0) is 45.0 Å². The zero-order valence-corrected chi connectivity index (χ0v) is 14.0. The summed E-state index contributed by atoms with van der Waals surface area (Å²) >= 11 is 0. The van der Waals surface area contributed by atoms with Gasteiger partial charge in [0.05, 0.1) is 12.6 Å². The van der Waals surface area contributed by atoms with Crippen LogP contribution in [0.2, 0.25) is 0 Å². The Labute approximate surface area is 132 Å². The lowest BCUT2D eigenvalue weighted by Gasteiger charge is -2.30. The van der Waals surface area contributed by atoms with Crippen molar-refractivity contribution >= 4 is 5.91 Å². The Morgan fingerprint density at radius 3 is 2.50 bits per heavy atom. The van der Waals surface area contributed by atoms with Crippen molar-refractivity contribution in [3.63, 3.8) is 0 Å². The first kappa shape index (κ1) is 18.6. The highest BCUT2D eigenvalue weighted by Gasteiger charge is 2.20. The van der Waals surface area contributed by atoms with Crippen molar-refractivity contribution in [1.29, 1.82) is 0 Å². The topological polar surface area (TPSA) is 32.8 Å². The molecule has 22 heavy (non-hydrogen) atoms. The fraction of sp³-hybridized carbons (Fsp3) is 0.588. The van der Waals surface area contributed by atoms with E-state index in [4.69, 9.17) is 4.74 Å². The Hall–Kier alpha value is -1.46. The van der Waals surface area contributed by atoms with Crippen molar-refractivity contribution in [3.8, 4) is 0 Å². The Balaban J connectivity index is 2.61. The maximum atomic E-state index is 13.0. The van der Waals surface area contributed by atoms with Gasteiger partial charge >= 0.3 is 0 Å². The number of ether oxygens (including phenoxy) is 1. The second-order valence-electron chi connectivity index (χ2n) is 5.49. The predicted octanol–water partition coefficient (Wildman–Crippen LogP) is 2.70. The second-order valence-corrected chi connectivity index (χ2v) is 5.49. The lowest BCUT2D eigenvalue weighted by molar-refractivity contribution is -0.134. The minimum absolute atomic E-state index is 0.0644. The summed E-state index contributed by atoms with van der Waals surface area (Å²) in [6, 6.07) is 6.27. The first-order valence-electron chi connectivity index (χ1n) is 7.72. The molecular weight excluding hydrogens is 283 g/mol. The molecule has 0 aliphatic carbocycles. The number of amides is 1. The van der Waals surface area contributed by atoms with Gasteiger partial charge in [0.1, 0.15) is 5.82 Å². The average Bonchev–Trinajstić information content (AvgIpc) is 2.48. The molecule has 0 fully saturated rings. The van der Waals surface area contributed by atoms with Gasteiger partial charge < -0.3 is 9.64 Å². The van der Waals surface area contributed by atoms with E-state index >= 15 is 0 Å². The van der Waals surface area contributed by atoms with Crippen LogP contribution >= 0.6 is 0 Å². The smallest absolute Gasteiger partial charge is 0.237 e. The third kappa shape index (κ3) is 5.73. The molecule has 0 aromatic heterocycles. The zero-order valence-electron chi connectivity index (χ0n) is 14.0. The third-order valence-electron chi connectivity index (χ3n) is 3.77. The molecule has 0 heterocycles. The molecule has 0 N–H and O–H groups in total. The normalized spacial score (nSPS) is 12.5. The van der Waals surface area contributed by atoms with E-state index in [0.717, 1.165) is 18.5 Å². The predicted molar refractivity (Wildman–Crippen MR) is 86.2 cm³/mol. The highest BCUT2D eigenvalue weighted by atomic mass is 19.1. The molecule has 0 saturated heterocycles. The van der Waals surface area contributed by atoms with Crippen molar-refractivity contribution in [2.75, 3.05) is 40.4 Å². The highest BCUT2D eigenvalue weighted by Crippen LogP contribution is 2.20. The number of rotatable bonds is 9. The van der Waals surface area contributed by atoms with Crippen LogP contribution in [0.1, 0.15) is 31.9 Å². The van der Waals surface area contributed by atoms with Crippen molar-refractivity contribution in [2.24, 2.45) is 0 Å². The van der Waals surface area contributed by atoms with Crippen LogP contribution < -0.4 is 0 Å². The van der Waals surface area contributed by atoms with Crippen molar-refractivity contribution in [1.82, 2.24) is 9.80 Å². The minimum atomic E-state index is -0.261. The van der Waals surface area contributed by atoms with Crippen LogP contribution in [0.25, 0.3) is 0 Å². The van der Waals surface area contributed by atoms with E-state index in [1.54, 1.807) is 19.2 Å². The molecule has 1 rings (SSSR count). The first-order chi connectivity index (χ1) is 10.5. The number of nitrogens with zero attached hydrogens (tertiary/aromatic N) is 2. The number of carbonyl (C=O) groups is 1. The van der Waals surface area contributed by atoms with E-state index in [-0.39, 0.29) is 17.8 Å². The number of methoxy groups -OCH3 is 1. The molecule has 0 bridgehead atoms. The second kappa shape index (κ2) is 9.54. The summed E-state index contributed by atoms with van der Waals surface area (Å²) in [6.07, 6.45) is 0.903. The molecule has 1 atom stereocenters. The highest BCUT2D eigenvalue weighted by molar-refractivity contribution is 5.78. The third-order valence-corrected chi connectivity index (χ3v) is 3.77. The number of benzene rings is 1. The van der Waals surface area contributed by atoms with Crippen LogP contribution in [0.15, 0.2) is 24.3 Å². The molecule has 1 amide bonds. The van der Waals surface area contributed by atoms with Crippen LogP contribution in [-0.4, -0.2) is 56.1 Å². The first-order valence-corrected chi connectivity index (χ1v) is 7.72. The largest absolute Gasteiger partial charge is 0.385 e. The summed E-state index contributed by atoms with van der Waals surface area (Å²) in [5.74, 6) is -0.178. The number of hydrogen-bond donors (Lipinski definition) is 0. The monoisotopic (exact) mass is 310 g/mol. The molecule has 0 aliphatic rings. The van der Waals surface area contributed by atoms with E-state index < -0.39 is 0 Å². The fourth-order valence-corrected chi connectivity index (χ4v) is 2.47.